The summed E-state index contributed by atoms with van der Waals surface area (Å²) in [5, 5.41) is 12.6. The van der Waals surface area contributed by atoms with Crippen molar-refractivity contribution in [1.82, 2.24) is 4.90 Å². The molecule has 1 aromatic carbocycles. The smallest absolute Gasteiger partial charge is 0.233 e. The minimum Gasteiger partial charge on any atom is -0.506 e. The second-order valence-corrected chi connectivity index (χ2v) is 9.35. The SMILES string of the molecule is CC(=O)Nc1cc(N)c(NS(=O)(=O)CCC[N+]2(C)CCN(C)CC2)c(O)c1. The van der Waals surface area contributed by atoms with Gasteiger partial charge in [0.1, 0.15) is 11.4 Å². The van der Waals surface area contributed by atoms with E-state index in [0.29, 0.717) is 12.1 Å². The molecule has 0 aliphatic carbocycles. The van der Waals surface area contributed by atoms with Crippen molar-refractivity contribution < 1.29 is 22.8 Å². The standard InChI is InChI=1S/C17H29N5O4S/c1-13(23)19-14-11-15(18)17(16(24)12-14)20-27(25,26)10-4-7-22(3)8-5-21(2)6-9-22/h11-12,20H,4-10,18H2,1-3H3,(H-,19,23,24)/p+1. The maximum atomic E-state index is 12.4. The molecule has 0 unspecified atom stereocenters. The molecule has 1 aliphatic heterocycles. The maximum absolute atomic E-state index is 12.4. The van der Waals surface area contributed by atoms with Gasteiger partial charge in [-0.2, -0.15) is 0 Å². The van der Waals surface area contributed by atoms with Gasteiger partial charge in [0.2, 0.25) is 15.9 Å². The molecule has 0 radical (unpaired) electrons. The number of phenols is 1. The number of carbonyl (C=O) groups excluding carboxylic acids is 1. The largest absolute Gasteiger partial charge is 0.506 e. The first-order chi connectivity index (χ1) is 12.5. The molecule has 152 valence electrons. The molecule has 1 saturated heterocycles. The lowest BCUT2D eigenvalue weighted by molar-refractivity contribution is -0.913. The van der Waals surface area contributed by atoms with E-state index in [2.05, 4.69) is 29.0 Å². The number of carbonyl (C=O) groups is 1. The summed E-state index contributed by atoms with van der Waals surface area (Å²) in [5.41, 5.74) is 6.11. The van der Waals surface area contributed by atoms with E-state index in [0.717, 1.165) is 37.2 Å². The molecule has 0 aromatic heterocycles. The number of hydrogen-bond acceptors (Lipinski definition) is 6. The minimum atomic E-state index is -3.65. The van der Waals surface area contributed by atoms with Crippen molar-refractivity contribution >= 4 is 33.0 Å². The van der Waals surface area contributed by atoms with Crippen LogP contribution in [0.5, 0.6) is 5.75 Å². The fraction of sp³-hybridized carbons (Fsp3) is 0.588. The summed E-state index contributed by atoms with van der Waals surface area (Å²) in [6.07, 6.45) is 0.514. The number of phenolic OH excluding ortho intramolecular Hbond substituents is 1. The van der Waals surface area contributed by atoms with Crippen molar-refractivity contribution in [1.29, 1.82) is 0 Å². The zero-order chi connectivity index (χ0) is 20.2. The van der Waals surface area contributed by atoms with Crippen molar-refractivity contribution in [3.63, 3.8) is 0 Å². The predicted molar refractivity (Wildman–Crippen MR) is 107 cm³/mol. The number of nitrogens with two attached hydrogens (primary N) is 1. The molecular formula is C17H30N5O4S+. The Morgan fingerprint density at radius 1 is 1.33 bits per heavy atom. The molecule has 5 N–H and O–H groups in total. The van der Waals surface area contributed by atoms with Gasteiger partial charge in [0.05, 0.1) is 38.1 Å². The molecular weight excluding hydrogens is 370 g/mol. The highest BCUT2D eigenvalue weighted by molar-refractivity contribution is 7.92. The number of aromatic hydroxyl groups is 1. The Kier molecular flexibility index (Phi) is 6.55. The Labute approximate surface area is 160 Å². The van der Waals surface area contributed by atoms with E-state index in [1.807, 2.05) is 0 Å². The number of quaternary nitrogens is 1. The van der Waals surface area contributed by atoms with Gasteiger partial charge in [0.15, 0.2) is 0 Å². The Morgan fingerprint density at radius 2 is 1.96 bits per heavy atom. The summed E-state index contributed by atoms with van der Waals surface area (Å²) < 4.78 is 28.0. The summed E-state index contributed by atoms with van der Waals surface area (Å²) >= 11 is 0. The number of anilines is 3. The number of nitrogens with zero attached hydrogens (tertiary/aromatic N) is 2. The summed E-state index contributed by atoms with van der Waals surface area (Å²) in [6, 6.07) is 2.65. The summed E-state index contributed by atoms with van der Waals surface area (Å²) in [4.78, 5) is 13.4. The van der Waals surface area contributed by atoms with Gasteiger partial charge in [-0.1, -0.05) is 0 Å². The zero-order valence-corrected chi connectivity index (χ0v) is 17.0. The molecule has 1 heterocycles. The van der Waals surface area contributed by atoms with E-state index in [1.54, 1.807) is 0 Å². The molecule has 1 aromatic rings. The number of likely N-dealkylation sites (N-methyl/N-ethyl adjacent to an activating group) is 2. The second kappa shape index (κ2) is 8.32. The lowest BCUT2D eigenvalue weighted by atomic mass is 10.2. The number of amides is 1. The average Bonchev–Trinajstić information content (AvgIpc) is 2.53. The number of rotatable bonds is 7. The maximum Gasteiger partial charge on any atom is 0.233 e. The summed E-state index contributed by atoms with van der Waals surface area (Å²) in [7, 11) is 0.588. The topological polar surface area (TPSA) is 125 Å². The number of nitrogens with one attached hydrogen (secondary N) is 2. The third-order valence-corrected chi connectivity index (χ3v) is 6.22. The van der Waals surface area contributed by atoms with E-state index < -0.39 is 10.0 Å². The van der Waals surface area contributed by atoms with Crippen LogP contribution in [0.25, 0.3) is 0 Å². The van der Waals surface area contributed by atoms with Gasteiger partial charge in [-0.3, -0.25) is 14.4 Å². The summed E-state index contributed by atoms with van der Waals surface area (Å²) in [5.74, 6) is -0.703. The zero-order valence-electron chi connectivity index (χ0n) is 16.2. The van der Waals surface area contributed by atoms with E-state index in [9.17, 15) is 18.3 Å². The Hall–Kier alpha value is -2.04. The van der Waals surface area contributed by atoms with Crippen LogP contribution >= 0.6 is 0 Å². The van der Waals surface area contributed by atoms with E-state index in [-0.39, 0.29) is 28.8 Å². The van der Waals surface area contributed by atoms with Gasteiger partial charge < -0.3 is 20.6 Å². The number of hydrogen-bond donors (Lipinski definition) is 4. The van der Waals surface area contributed by atoms with Gasteiger partial charge in [-0.25, -0.2) is 8.42 Å². The minimum absolute atomic E-state index is 0.0420. The molecule has 0 spiro atoms. The van der Waals surface area contributed by atoms with Crippen LogP contribution in [0.3, 0.4) is 0 Å². The lowest BCUT2D eigenvalue weighted by Gasteiger charge is -2.41. The molecule has 1 aliphatic rings. The van der Waals surface area contributed by atoms with Gasteiger partial charge in [-0.15, -0.1) is 0 Å². The van der Waals surface area contributed by atoms with Crippen LogP contribution < -0.4 is 15.8 Å². The number of piperazine rings is 1. The molecule has 2 rings (SSSR count). The van der Waals surface area contributed by atoms with Crippen molar-refractivity contribution in [3.05, 3.63) is 12.1 Å². The van der Waals surface area contributed by atoms with Crippen LogP contribution in [0.1, 0.15) is 13.3 Å². The normalized spacial score (nSPS) is 17.4. The van der Waals surface area contributed by atoms with Crippen LogP contribution in [-0.2, 0) is 14.8 Å². The first-order valence-electron chi connectivity index (χ1n) is 8.92. The highest BCUT2D eigenvalue weighted by Crippen LogP contribution is 2.34. The molecule has 0 bridgehead atoms. The average molecular weight is 401 g/mol. The Balaban J connectivity index is 1.97. The third kappa shape index (κ3) is 6.26. The lowest BCUT2D eigenvalue weighted by Crippen LogP contribution is -2.56. The molecule has 10 heteroatoms. The van der Waals surface area contributed by atoms with Crippen LogP contribution in [0, 0.1) is 0 Å². The highest BCUT2D eigenvalue weighted by atomic mass is 32.2. The molecule has 0 atom stereocenters. The monoisotopic (exact) mass is 400 g/mol. The first-order valence-corrected chi connectivity index (χ1v) is 10.6. The quantitative estimate of drug-likeness (QED) is 0.299. The van der Waals surface area contributed by atoms with Gasteiger partial charge in [0, 0.05) is 38.2 Å². The van der Waals surface area contributed by atoms with Crippen LogP contribution in [-0.4, -0.2) is 81.4 Å². The van der Waals surface area contributed by atoms with E-state index in [4.69, 9.17) is 5.73 Å². The third-order valence-electron chi connectivity index (χ3n) is 4.88. The number of benzene rings is 1. The van der Waals surface area contributed by atoms with Gasteiger partial charge in [-0.05, 0) is 13.1 Å². The molecule has 27 heavy (non-hydrogen) atoms. The Morgan fingerprint density at radius 3 is 2.52 bits per heavy atom. The van der Waals surface area contributed by atoms with Crippen molar-refractivity contribution in [2.75, 3.05) is 68.3 Å². The van der Waals surface area contributed by atoms with Crippen molar-refractivity contribution in [2.45, 2.75) is 13.3 Å². The van der Waals surface area contributed by atoms with Gasteiger partial charge >= 0.3 is 0 Å². The second-order valence-electron chi connectivity index (χ2n) is 7.51. The number of sulfonamides is 1. The van der Waals surface area contributed by atoms with E-state index >= 15 is 0 Å². The fourth-order valence-electron chi connectivity index (χ4n) is 3.15. The predicted octanol–water partition coefficient (Wildman–Crippen LogP) is 0.457. The molecule has 9 nitrogen and oxygen atoms in total. The first kappa shape index (κ1) is 21.3. The number of nitrogen functional groups attached to an aromatic ring is 1. The fourth-order valence-corrected chi connectivity index (χ4v) is 4.29. The van der Waals surface area contributed by atoms with Gasteiger partial charge in [0.25, 0.3) is 0 Å². The Bertz CT molecular complexity index is 766. The van der Waals surface area contributed by atoms with Crippen LogP contribution in [0.4, 0.5) is 17.1 Å². The molecule has 1 fully saturated rings. The molecule has 0 saturated carbocycles. The van der Waals surface area contributed by atoms with Crippen molar-refractivity contribution in [3.8, 4) is 5.75 Å². The van der Waals surface area contributed by atoms with Crippen molar-refractivity contribution in [2.24, 2.45) is 0 Å². The van der Waals surface area contributed by atoms with Crippen LogP contribution in [0.2, 0.25) is 0 Å². The summed E-state index contributed by atoms with van der Waals surface area (Å²) in [6.45, 7) is 6.12. The highest BCUT2D eigenvalue weighted by Gasteiger charge is 2.27. The molecule has 1 amide bonds. The van der Waals surface area contributed by atoms with E-state index in [1.165, 1.54) is 19.1 Å². The van der Waals surface area contributed by atoms with Crippen LogP contribution in [0.15, 0.2) is 12.1 Å².